The molecule has 3 nitrogen and oxygen atoms in total. The highest BCUT2D eigenvalue weighted by Gasteiger charge is 2.51. The van der Waals surface area contributed by atoms with E-state index in [9.17, 15) is 4.79 Å². The van der Waals surface area contributed by atoms with Gasteiger partial charge in [0.25, 0.3) is 0 Å². The third kappa shape index (κ3) is 2.52. The first-order chi connectivity index (χ1) is 10.2. The summed E-state index contributed by atoms with van der Waals surface area (Å²) >= 11 is 0. The SMILES string of the molecule is NCCC1CCN(C(=O)C2C3CC4CC(C3)CC2C4)CC1. The van der Waals surface area contributed by atoms with Crippen LogP contribution in [0.15, 0.2) is 0 Å². The number of likely N-dealkylation sites (tertiary alicyclic amines) is 1. The van der Waals surface area contributed by atoms with E-state index in [1.807, 2.05) is 0 Å². The van der Waals surface area contributed by atoms with Gasteiger partial charge in [-0.2, -0.15) is 0 Å². The maximum Gasteiger partial charge on any atom is 0.226 e. The third-order valence-electron chi connectivity index (χ3n) is 7.01. The fourth-order valence-electron chi connectivity index (χ4n) is 6.22. The third-order valence-corrected chi connectivity index (χ3v) is 7.01. The molecule has 0 unspecified atom stereocenters. The molecule has 0 atom stereocenters. The Morgan fingerprint density at radius 3 is 2.05 bits per heavy atom. The Hall–Kier alpha value is -0.570. The molecule has 0 spiro atoms. The zero-order chi connectivity index (χ0) is 14.4. The van der Waals surface area contributed by atoms with Crippen LogP contribution < -0.4 is 5.73 Å². The maximum atomic E-state index is 13.1. The van der Waals surface area contributed by atoms with Gasteiger partial charge >= 0.3 is 0 Å². The van der Waals surface area contributed by atoms with Crippen LogP contribution >= 0.6 is 0 Å². The number of carbonyl (C=O) groups excluding carboxylic acids is 1. The molecule has 4 saturated carbocycles. The lowest BCUT2D eigenvalue weighted by molar-refractivity contribution is -0.150. The van der Waals surface area contributed by atoms with Gasteiger partial charge in [-0.15, -0.1) is 0 Å². The first kappa shape index (κ1) is 14.0. The molecule has 1 aliphatic heterocycles. The van der Waals surface area contributed by atoms with Crippen LogP contribution in [0, 0.1) is 35.5 Å². The Kier molecular flexibility index (Phi) is 3.72. The zero-order valence-electron chi connectivity index (χ0n) is 13.2. The predicted molar refractivity (Wildman–Crippen MR) is 83.5 cm³/mol. The molecule has 0 aromatic carbocycles. The molecule has 5 aliphatic rings. The molecule has 0 radical (unpaired) electrons. The van der Waals surface area contributed by atoms with Crippen LogP contribution in [0.1, 0.15) is 51.4 Å². The molecule has 3 heteroatoms. The van der Waals surface area contributed by atoms with Gasteiger partial charge in [0, 0.05) is 19.0 Å². The van der Waals surface area contributed by atoms with Crippen molar-refractivity contribution < 1.29 is 4.79 Å². The van der Waals surface area contributed by atoms with Gasteiger partial charge in [-0.25, -0.2) is 0 Å². The predicted octanol–water partition coefficient (Wildman–Crippen LogP) is 2.65. The lowest BCUT2D eigenvalue weighted by Gasteiger charge is -2.54. The fraction of sp³-hybridized carbons (Fsp3) is 0.944. The lowest BCUT2D eigenvalue weighted by atomic mass is 9.51. The van der Waals surface area contributed by atoms with Crippen LogP contribution in [0.25, 0.3) is 0 Å². The number of piperidine rings is 1. The van der Waals surface area contributed by atoms with Gasteiger partial charge in [-0.3, -0.25) is 4.79 Å². The lowest BCUT2D eigenvalue weighted by Crippen LogP contribution is -2.53. The Morgan fingerprint density at radius 1 is 0.952 bits per heavy atom. The first-order valence-corrected chi connectivity index (χ1v) is 9.23. The molecule has 0 aromatic rings. The van der Waals surface area contributed by atoms with Crippen molar-refractivity contribution >= 4 is 5.91 Å². The summed E-state index contributed by atoms with van der Waals surface area (Å²) in [7, 11) is 0. The molecule has 4 aliphatic carbocycles. The van der Waals surface area contributed by atoms with Gasteiger partial charge in [-0.1, -0.05) is 0 Å². The van der Waals surface area contributed by atoms with E-state index in [0.717, 1.165) is 55.6 Å². The van der Waals surface area contributed by atoms with Crippen LogP contribution in [0.3, 0.4) is 0 Å². The van der Waals surface area contributed by atoms with Crippen molar-refractivity contribution in [3.63, 3.8) is 0 Å². The van der Waals surface area contributed by atoms with Gasteiger partial charge in [0.05, 0.1) is 0 Å². The second-order valence-corrected chi connectivity index (χ2v) is 8.30. The smallest absolute Gasteiger partial charge is 0.226 e. The van der Waals surface area contributed by atoms with Crippen molar-refractivity contribution in [2.45, 2.75) is 51.4 Å². The summed E-state index contributed by atoms with van der Waals surface area (Å²) in [6, 6.07) is 0. The van der Waals surface area contributed by atoms with Crippen LogP contribution in [-0.2, 0) is 4.79 Å². The van der Waals surface area contributed by atoms with Gasteiger partial charge < -0.3 is 10.6 Å². The molecule has 5 rings (SSSR count). The van der Waals surface area contributed by atoms with Crippen molar-refractivity contribution in [1.29, 1.82) is 0 Å². The summed E-state index contributed by atoms with van der Waals surface area (Å²) in [4.78, 5) is 15.3. The summed E-state index contributed by atoms with van der Waals surface area (Å²) in [5.41, 5.74) is 5.67. The molecular weight excluding hydrogens is 260 g/mol. The van der Waals surface area contributed by atoms with Crippen molar-refractivity contribution in [3.05, 3.63) is 0 Å². The number of nitrogens with zero attached hydrogens (tertiary/aromatic N) is 1. The van der Waals surface area contributed by atoms with Crippen LogP contribution in [-0.4, -0.2) is 30.4 Å². The molecule has 4 bridgehead atoms. The second-order valence-electron chi connectivity index (χ2n) is 8.30. The highest BCUT2D eigenvalue weighted by Crippen LogP contribution is 2.56. The van der Waals surface area contributed by atoms with E-state index in [4.69, 9.17) is 5.73 Å². The van der Waals surface area contributed by atoms with Crippen LogP contribution in [0.4, 0.5) is 0 Å². The summed E-state index contributed by atoms with van der Waals surface area (Å²) in [5.74, 6) is 5.07. The number of nitrogens with two attached hydrogens (primary N) is 1. The second kappa shape index (κ2) is 5.57. The van der Waals surface area contributed by atoms with E-state index in [-0.39, 0.29) is 0 Å². The first-order valence-electron chi connectivity index (χ1n) is 9.23. The number of rotatable bonds is 3. The van der Waals surface area contributed by atoms with Crippen molar-refractivity contribution in [2.24, 2.45) is 41.2 Å². The number of hydrogen-bond acceptors (Lipinski definition) is 2. The summed E-state index contributed by atoms with van der Waals surface area (Å²) in [6.45, 7) is 2.78. The quantitative estimate of drug-likeness (QED) is 0.868. The molecule has 5 fully saturated rings. The molecule has 2 N–H and O–H groups in total. The van der Waals surface area contributed by atoms with Crippen LogP contribution in [0.2, 0.25) is 0 Å². The average molecular weight is 290 g/mol. The minimum Gasteiger partial charge on any atom is -0.342 e. The standard InChI is InChI=1S/C18H30N2O/c19-4-1-12-2-5-20(6-3-12)18(21)17-15-8-13-7-14(10-15)11-16(17)9-13/h12-17H,1-11,19H2. The van der Waals surface area contributed by atoms with Gasteiger partial charge in [0.15, 0.2) is 0 Å². The zero-order valence-corrected chi connectivity index (χ0v) is 13.2. The molecule has 1 saturated heterocycles. The largest absolute Gasteiger partial charge is 0.342 e. The normalized spacial score (nSPS) is 42.5. The minimum atomic E-state index is 0.392. The molecule has 1 heterocycles. The van der Waals surface area contributed by atoms with Crippen molar-refractivity contribution in [2.75, 3.05) is 19.6 Å². The van der Waals surface area contributed by atoms with E-state index in [2.05, 4.69) is 4.90 Å². The van der Waals surface area contributed by atoms with Crippen molar-refractivity contribution in [3.8, 4) is 0 Å². The number of amides is 1. The molecule has 118 valence electrons. The Labute approximate surface area is 128 Å². The highest BCUT2D eigenvalue weighted by molar-refractivity contribution is 5.80. The summed E-state index contributed by atoms with van der Waals surface area (Å²) in [6.07, 6.45) is 10.4. The summed E-state index contributed by atoms with van der Waals surface area (Å²) in [5, 5.41) is 0. The Morgan fingerprint density at radius 2 is 1.52 bits per heavy atom. The molecule has 1 amide bonds. The average Bonchev–Trinajstić information content (AvgIpc) is 2.47. The topological polar surface area (TPSA) is 46.3 Å². The van der Waals surface area contributed by atoms with Gasteiger partial charge in [-0.05, 0) is 87.5 Å². The van der Waals surface area contributed by atoms with E-state index < -0.39 is 0 Å². The number of carbonyl (C=O) groups is 1. The molecule has 0 aromatic heterocycles. The van der Waals surface area contributed by atoms with E-state index >= 15 is 0 Å². The van der Waals surface area contributed by atoms with Gasteiger partial charge in [0.2, 0.25) is 5.91 Å². The fourth-order valence-corrected chi connectivity index (χ4v) is 6.22. The Bertz CT molecular complexity index is 372. The highest BCUT2D eigenvalue weighted by atomic mass is 16.2. The van der Waals surface area contributed by atoms with E-state index in [1.54, 1.807) is 0 Å². The van der Waals surface area contributed by atoms with E-state index in [0.29, 0.717) is 11.8 Å². The van der Waals surface area contributed by atoms with E-state index in [1.165, 1.54) is 44.9 Å². The minimum absolute atomic E-state index is 0.392. The van der Waals surface area contributed by atoms with Crippen molar-refractivity contribution in [1.82, 2.24) is 4.90 Å². The summed E-state index contributed by atoms with van der Waals surface area (Å²) < 4.78 is 0. The number of hydrogen-bond donors (Lipinski definition) is 1. The monoisotopic (exact) mass is 290 g/mol. The molecule has 21 heavy (non-hydrogen) atoms. The Balaban J connectivity index is 1.39. The molecular formula is C18H30N2O. The van der Waals surface area contributed by atoms with Crippen LogP contribution in [0.5, 0.6) is 0 Å². The van der Waals surface area contributed by atoms with Gasteiger partial charge in [0.1, 0.15) is 0 Å². The maximum absolute atomic E-state index is 13.1.